The molecule has 0 radical (unpaired) electrons. The minimum atomic E-state index is 0.465. The standard InChI is InChI=1S/C13H7BrCl2N2S/c14-6-1-4-10-9(5-6)18-13(19-10)11-7(15)2-3-8(16)12(11)17/h1-5H,17H2. The van der Waals surface area contributed by atoms with Crippen LogP contribution in [0, 0.1) is 0 Å². The van der Waals surface area contributed by atoms with E-state index in [1.165, 1.54) is 0 Å². The van der Waals surface area contributed by atoms with E-state index in [1.54, 1.807) is 23.5 Å². The van der Waals surface area contributed by atoms with Crippen molar-refractivity contribution < 1.29 is 0 Å². The molecular weight excluding hydrogens is 367 g/mol. The van der Waals surface area contributed by atoms with Crippen LogP contribution in [0.1, 0.15) is 0 Å². The van der Waals surface area contributed by atoms with E-state index in [1.807, 2.05) is 18.2 Å². The molecule has 2 nitrogen and oxygen atoms in total. The number of fused-ring (bicyclic) bond motifs is 1. The van der Waals surface area contributed by atoms with E-state index in [2.05, 4.69) is 20.9 Å². The highest BCUT2D eigenvalue weighted by Crippen LogP contribution is 2.41. The molecule has 0 aliphatic heterocycles. The number of benzene rings is 2. The predicted octanol–water partition coefficient (Wildman–Crippen LogP) is 5.61. The quantitative estimate of drug-likeness (QED) is 0.562. The zero-order valence-corrected chi connectivity index (χ0v) is 13.4. The second-order valence-electron chi connectivity index (χ2n) is 3.95. The first-order valence-corrected chi connectivity index (χ1v) is 7.73. The fourth-order valence-electron chi connectivity index (χ4n) is 1.79. The first kappa shape index (κ1) is 13.2. The maximum absolute atomic E-state index is 6.21. The Labute approximate surface area is 132 Å². The molecule has 1 heterocycles. The SMILES string of the molecule is Nc1c(Cl)ccc(Cl)c1-c1nc2cc(Br)ccc2s1. The van der Waals surface area contributed by atoms with E-state index in [0.717, 1.165) is 19.7 Å². The lowest BCUT2D eigenvalue weighted by Crippen LogP contribution is -1.91. The zero-order chi connectivity index (χ0) is 13.6. The molecule has 0 fully saturated rings. The maximum Gasteiger partial charge on any atom is 0.128 e. The second kappa shape index (κ2) is 4.94. The summed E-state index contributed by atoms with van der Waals surface area (Å²) in [6.07, 6.45) is 0. The first-order chi connectivity index (χ1) is 9.06. The third-order valence-electron chi connectivity index (χ3n) is 2.70. The van der Waals surface area contributed by atoms with Gasteiger partial charge in [0.25, 0.3) is 0 Å². The van der Waals surface area contributed by atoms with Crippen molar-refractivity contribution in [2.45, 2.75) is 0 Å². The number of anilines is 1. The topological polar surface area (TPSA) is 38.9 Å². The Kier molecular flexibility index (Phi) is 3.43. The van der Waals surface area contributed by atoms with Crippen LogP contribution in [0.2, 0.25) is 10.0 Å². The number of nitrogens with zero attached hydrogens (tertiary/aromatic N) is 1. The Hall–Kier alpha value is -0.810. The predicted molar refractivity (Wildman–Crippen MR) is 87.2 cm³/mol. The van der Waals surface area contributed by atoms with Crippen LogP contribution in [0.15, 0.2) is 34.8 Å². The average molecular weight is 374 g/mol. The molecule has 3 rings (SSSR count). The molecule has 19 heavy (non-hydrogen) atoms. The van der Waals surface area contributed by atoms with Crippen molar-refractivity contribution >= 4 is 66.4 Å². The van der Waals surface area contributed by atoms with Gasteiger partial charge in [0.15, 0.2) is 0 Å². The lowest BCUT2D eigenvalue weighted by atomic mass is 10.2. The summed E-state index contributed by atoms with van der Waals surface area (Å²) >= 11 is 17.2. The molecule has 6 heteroatoms. The third-order valence-corrected chi connectivity index (χ3v) is 4.90. The van der Waals surface area contributed by atoms with Gasteiger partial charge in [-0.15, -0.1) is 11.3 Å². The van der Waals surface area contributed by atoms with Gasteiger partial charge in [0.05, 0.1) is 31.5 Å². The van der Waals surface area contributed by atoms with Gasteiger partial charge in [-0.25, -0.2) is 4.98 Å². The largest absolute Gasteiger partial charge is 0.397 e. The van der Waals surface area contributed by atoms with Gasteiger partial charge >= 0.3 is 0 Å². The summed E-state index contributed by atoms with van der Waals surface area (Å²) in [5, 5.41) is 1.82. The normalized spacial score (nSPS) is 11.1. The van der Waals surface area contributed by atoms with Gasteiger partial charge in [-0.05, 0) is 30.3 Å². The van der Waals surface area contributed by atoms with Gasteiger partial charge in [-0.3, -0.25) is 0 Å². The molecule has 0 unspecified atom stereocenters. The average Bonchev–Trinajstić information content (AvgIpc) is 2.77. The molecule has 0 saturated carbocycles. The molecule has 0 aliphatic carbocycles. The van der Waals surface area contributed by atoms with Crippen molar-refractivity contribution in [2.24, 2.45) is 0 Å². The molecule has 96 valence electrons. The van der Waals surface area contributed by atoms with Crippen molar-refractivity contribution in [3.8, 4) is 10.6 Å². The second-order valence-corrected chi connectivity index (χ2v) is 6.71. The first-order valence-electron chi connectivity index (χ1n) is 5.36. The van der Waals surface area contributed by atoms with E-state index in [-0.39, 0.29) is 0 Å². The zero-order valence-electron chi connectivity index (χ0n) is 9.45. The van der Waals surface area contributed by atoms with E-state index in [0.29, 0.717) is 21.3 Å². The summed E-state index contributed by atoms with van der Waals surface area (Å²) in [6, 6.07) is 9.37. The summed E-state index contributed by atoms with van der Waals surface area (Å²) in [4.78, 5) is 4.57. The van der Waals surface area contributed by atoms with Crippen LogP contribution in [0.5, 0.6) is 0 Å². The number of rotatable bonds is 1. The van der Waals surface area contributed by atoms with Crippen molar-refractivity contribution in [3.63, 3.8) is 0 Å². The molecule has 2 aromatic carbocycles. The van der Waals surface area contributed by atoms with Crippen LogP contribution < -0.4 is 5.73 Å². The summed E-state index contributed by atoms with van der Waals surface area (Å²) < 4.78 is 2.07. The Morgan fingerprint density at radius 1 is 1.11 bits per heavy atom. The molecule has 0 saturated heterocycles. The van der Waals surface area contributed by atoms with Crippen LogP contribution in [0.3, 0.4) is 0 Å². The minimum Gasteiger partial charge on any atom is -0.397 e. The Balaban J connectivity index is 2.27. The van der Waals surface area contributed by atoms with Crippen LogP contribution in [0.25, 0.3) is 20.8 Å². The number of hydrogen-bond donors (Lipinski definition) is 1. The molecule has 0 aliphatic rings. The Morgan fingerprint density at radius 2 is 1.84 bits per heavy atom. The Bertz CT molecular complexity index is 786. The maximum atomic E-state index is 6.21. The lowest BCUT2D eigenvalue weighted by Gasteiger charge is -2.06. The summed E-state index contributed by atoms with van der Waals surface area (Å²) in [6.45, 7) is 0. The number of aromatic nitrogens is 1. The van der Waals surface area contributed by atoms with Crippen molar-refractivity contribution in [3.05, 3.63) is 44.8 Å². The van der Waals surface area contributed by atoms with E-state index in [9.17, 15) is 0 Å². The number of nitrogen functional groups attached to an aromatic ring is 1. The minimum absolute atomic E-state index is 0.465. The van der Waals surface area contributed by atoms with Gasteiger partial charge < -0.3 is 5.73 Å². The summed E-state index contributed by atoms with van der Waals surface area (Å²) in [5.41, 5.74) is 8.08. The van der Waals surface area contributed by atoms with Gasteiger partial charge in [0.2, 0.25) is 0 Å². The van der Waals surface area contributed by atoms with Crippen molar-refractivity contribution in [1.29, 1.82) is 0 Å². The van der Waals surface area contributed by atoms with Gasteiger partial charge in [-0.1, -0.05) is 39.1 Å². The fraction of sp³-hybridized carbons (Fsp3) is 0. The highest BCUT2D eigenvalue weighted by Gasteiger charge is 2.15. The molecule has 3 aromatic rings. The molecule has 0 amide bonds. The number of halogens is 3. The van der Waals surface area contributed by atoms with Crippen LogP contribution >= 0.6 is 50.5 Å². The highest BCUT2D eigenvalue weighted by molar-refractivity contribution is 9.10. The molecule has 2 N–H and O–H groups in total. The lowest BCUT2D eigenvalue weighted by molar-refractivity contribution is 1.47. The van der Waals surface area contributed by atoms with Crippen molar-refractivity contribution in [1.82, 2.24) is 4.98 Å². The molecular formula is C13H7BrCl2N2S. The number of hydrogen-bond acceptors (Lipinski definition) is 3. The monoisotopic (exact) mass is 372 g/mol. The van der Waals surface area contributed by atoms with E-state index in [4.69, 9.17) is 28.9 Å². The Morgan fingerprint density at radius 3 is 2.63 bits per heavy atom. The van der Waals surface area contributed by atoms with Gasteiger partial charge in [-0.2, -0.15) is 0 Å². The van der Waals surface area contributed by atoms with E-state index < -0.39 is 0 Å². The van der Waals surface area contributed by atoms with Crippen LogP contribution in [0.4, 0.5) is 5.69 Å². The third kappa shape index (κ3) is 2.34. The highest BCUT2D eigenvalue weighted by atomic mass is 79.9. The molecule has 0 bridgehead atoms. The van der Waals surface area contributed by atoms with Crippen LogP contribution in [-0.4, -0.2) is 4.98 Å². The van der Waals surface area contributed by atoms with Gasteiger partial charge in [0.1, 0.15) is 5.01 Å². The number of nitrogens with two attached hydrogens (primary N) is 1. The van der Waals surface area contributed by atoms with E-state index >= 15 is 0 Å². The fourth-order valence-corrected chi connectivity index (χ4v) is 3.63. The summed E-state index contributed by atoms with van der Waals surface area (Å²) in [7, 11) is 0. The van der Waals surface area contributed by atoms with Crippen LogP contribution in [-0.2, 0) is 0 Å². The molecule has 0 atom stereocenters. The molecule has 1 aromatic heterocycles. The van der Waals surface area contributed by atoms with Gasteiger partial charge in [0, 0.05) is 4.47 Å². The molecule has 0 spiro atoms. The summed E-state index contributed by atoms with van der Waals surface area (Å²) in [5.74, 6) is 0. The van der Waals surface area contributed by atoms with Crippen molar-refractivity contribution in [2.75, 3.05) is 5.73 Å². The number of thiazole rings is 1. The smallest absolute Gasteiger partial charge is 0.128 e.